The van der Waals surface area contributed by atoms with E-state index < -0.39 is 0 Å². The molecule has 0 aliphatic heterocycles. The van der Waals surface area contributed by atoms with E-state index in [2.05, 4.69) is 11.9 Å². The highest BCUT2D eigenvalue weighted by Gasteiger charge is 2.08. The van der Waals surface area contributed by atoms with E-state index >= 15 is 0 Å². The van der Waals surface area contributed by atoms with Gasteiger partial charge in [0.1, 0.15) is 0 Å². The third-order valence-electron chi connectivity index (χ3n) is 2.10. The van der Waals surface area contributed by atoms with Gasteiger partial charge in [-0.2, -0.15) is 0 Å². The van der Waals surface area contributed by atoms with E-state index in [-0.39, 0.29) is 6.04 Å². The van der Waals surface area contributed by atoms with Gasteiger partial charge in [-0.1, -0.05) is 35.3 Å². The topological polar surface area (TPSA) is 12.0 Å². The second-order valence-electron chi connectivity index (χ2n) is 3.04. The summed E-state index contributed by atoms with van der Waals surface area (Å²) in [5, 5.41) is 4.37. The minimum atomic E-state index is 0.252. The first-order valence-corrected chi connectivity index (χ1v) is 5.17. The Kier molecular flexibility index (Phi) is 4.46. The molecule has 0 radical (unpaired) electrons. The SMILES string of the molecule is C=CC[C@H](NC)c1ccc(Cl)c(Cl)c1. The van der Waals surface area contributed by atoms with Crippen LogP contribution in [-0.2, 0) is 0 Å². The first kappa shape index (κ1) is 11.6. The smallest absolute Gasteiger partial charge is 0.0595 e. The molecule has 0 unspecified atom stereocenters. The van der Waals surface area contributed by atoms with Crippen molar-refractivity contribution in [1.29, 1.82) is 0 Å². The number of halogens is 2. The molecule has 0 aromatic heterocycles. The molecule has 0 amide bonds. The summed E-state index contributed by atoms with van der Waals surface area (Å²) in [6.45, 7) is 3.71. The van der Waals surface area contributed by atoms with Crippen molar-refractivity contribution in [3.05, 3.63) is 46.5 Å². The van der Waals surface area contributed by atoms with Gasteiger partial charge >= 0.3 is 0 Å². The van der Waals surface area contributed by atoms with E-state index in [1.807, 2.05) is 31.3 Å². The molecule has 1 N–H and O–H groups in total. The molecule has 0 saturated heterocycles. The Morgan fingerprint density at radius 1 is 1.43 bits per heavy atom. The lowest BCUT2D eigenvalue weighted by atomic mass is 10.0. The number of benzene rings is 1. The van der Waals surface area contributed by atoms with E-state index in [0.29, 0.717) is 10.0 Å². The summed E-state index contributed by atoms with van der Waals surface area (Å²) >= 11 is 11.8. The Morgan fingerprint density at radius 3 is 2.64 bits per heavy atom. The highest BCUT2D eigenvalue weighted by Crippen LogP contribution is 2.26. The summed E-state index contributed by atoms with van der Waals surface area (Å²) in [4.78, 5) is 0. The van der Waals surface area contributed by atoms with E-state index in [1.165, 1.54) is 0 Å². The second kappa shape index (κ2) is 5.40. The average Bonchev–Trinajstić information content (AvgIpc) is 2.19. The summed E-state index contributed by atoms with van der Waals surface area (Å²) < 4.78 is 0. The van der Waals surface area contributed by atoms with Crippen LogP contribution >= 0.6 is 23.2 Å². The summed E-state index contributed by atoms with van der Waals surface area (Å²) in [5.41, 5.74) is 1.13. The molecule has 3 heteroatoms. The van der Waals surface area contributed by atoms with E-state index in [9.17, 15) is 0 Å². The maximum Gasteiger partial charge on any atom is 0.0595 e. The first-order valence-electron chi connectivity index (χ1n) is 4.42. The normalized spacial score (nSPS) is 12.5. The lowest BCUT2D eigenvalue weighted by Gasteiger charge is -2.14. The Bertz CT molecular complexity index is 323. The van der Waals surface area contributed by atoms with Crippen LogP contribution in [0, 0.1) is 0 Å². The van der Waals surface area contributed by atoms with Crippen molar-refractivity contribution in [2.75, 3.05) is 7.05 Å². The molecule has 1 atom stereocenters. The standard InChI is InChI=1S/C11H13Cl2N/c1-3-4-11(14-2)8-5-6-9(12)10(13)7-8/h3,5-7,11,14H,1,4H2,2H3/t11-/m0/s1. The molecule has 1 aromatic carbocycles. The van der Waals surface area contributed by atoms with Crippen LogP contribution in [0.1, 0.15) is 18.0 Å². The van der Waals surface area contributed by atoms with Crippen LogP contribution in [0.4, 0.5) is 0 Å². The van der Waals surface area contributed by atoms with Gasteiger partial charge in [0.05, 0.1) is 10.0 Å². The molecule has 76 valence electrons. The summed E-state index contributed by atoms with van der Waals surface area (Å²) in [6.07, 6.45) is 2.75. The highest BCUT2D eigenvalue weighted by atomic mass is 35.5. The fraction of sp³-hybridized carbons (Fsp3) is 0.273. The Hall–Kier alpha value is -0.500. The third kappa shape index (κ3) is 2.74. The first-order chi connectivity index (χ1) is 6.69. The van der Waals surface area contributed by atoms with Crippen LogP contribution in [0.15, 0.2) is 30.9 Å². The second-order valence-corrected chi connectivity index (χ2v) is 3.85. The van der Waals surface area contributed by atoms with Crippen molar-refractivity contribution >= 4 is 23.2 Å². The molecule has 1 nitrogen and oxygen atoms in total. The third-order valence-corrected chi connectivity index (χ3v) is 2.84. The number of hydrogen-bond donors (Lipinski definition) is 1. The summed E-state index contributed by atoms with van der Waals surface area (Å²) in [6, 6.07) is 5.92. The van der Waals surface area contributed by atoms with Crippen molar-refractivity contribution in [2.45, 2.75) is 12.5 Å². The maximum atomic E-state index is 5.93. The molecule has 0 aliphatic carbocycles. The molecule has 14 heavy (non-hydrogen) atoms. The fourth-order valence-corrected chi connectivity index (χ4v) is 1.62. The van der Waals surface area contributed by atoms with Crippen molar-refractivity contribution in [2.24, 2.45) is 0 Å². The lowest BCUT2D eigenvalue weighted by Crippen LogP contribution is -2.15. The van der Waals surface area contributed by atoms with Crippen LogP contribution in [0.25, 0.3) is 0 Å². The van der Waals surface area contributed by atoms with Gasteiger partial charge in [0.25, 0.3) is 0 Å². The quantitative estimate of drug-likeness (QED) is 0.775. The van der Waals surface area contributed by atoms with Crippen LogP contribution in [-0.4, -0.2) is 7.05 Å². The van der Waals surface area contributed by atoms with Crippen molar-refractivity contribution in [3.63, 3.8) is 0 Å². The van der Waals surface area contributed by atoms with Crippen molar-refractivity contribution < 1.29 is 0 Å². The van der Waals surface area contributed by atoms with Crippen LogP contribution < -0.4 is 5.32 Å². The maximum absolute atomic E-state index is 5.93. The Balaban J connectivity index is 2.93. The highest BCUT2D eigenvalue weighted by molar-refractivity contribution is 6.42. The largest absolute Gasteiger partial charge is 0.313 e. The lowest BCUT2D eigenvalue weighted by molar-refractivity contribution is 0.604. The zero-order chi connectivity index (χ0) is 10.6. The molecule has 0 fully saturated rings. The van der Waals surface area contributed by atoms with Gasteiger partial charge in [0.2, 0.25) is 0 Å². The predicted molar refractivity (Wildman–Crippen MR) is 63.1 cm³/mol. The molecule has 0 saturated carbocycles. The fourth-order valence-electron chi connectivity index (χ4n) is 1.32. The van der Waals surface area contributed by atoms with Crippen LogP contribution in [0.3, 0.4) is 0 Å². The zero-order valence-electron chi connectivity index (χ0n) is 8.06. The summed E-state index contributed by atoms with van der Waals surface area (Å²) in [5.74, 6) is 0. The molecular formula is C11H13Cl2N. The van der Waals surface area contributed by atoms with Gasteiger partial charge in [0.15, 0.2) is 0 Å². The van der Waals surface area contributed by atoms with Gasteiger partial charge in [-0.3, -0.25) is 0 Å². The Morgan fingerprint density at radius 2 is 2.14 bits per heavy atom. The average molecular weight is 230 g/mol. The number of nitrogens with one attached hydrogen (secondary N) is 1. The van der Waals surface area contributed by atoms with Crippen molar-refractivity contribution in [3.8, 4) is 0 Å². The van der Waals surface area contributed by atoms with Gasteiger partial charge in [-0.15, -0.1) is 6.58 Å². The summed E-state index contributed by atoms with van der Waals surface area (Å²) in [7, 11) is 1.91. The Labute approximate surface area is 94.7 Å². The molecule has 0 aliphatic rings. The molecule has 0 spiro atoms. The van der Waals surface area contributed by atoms with Gasteiger partial charge in [0, 0.05) is 6.04 Å². The zero-order valence-corrected chi connectivity index (χ0v) is 9.57. The molecular weight excluding hydrogens is 217 g/mol. The minimum Gasteiger partial charge on any atom is -0.313 e. The molecule has 0 bridgehead atoms. The monoisotopic (exact) mass is 229 g/mol. The molecule has 0 heterocycles. The van der Waals surface area contributed by atoms with E-state index in [1.54, 1.807) is 0 Å². The predicted octanol–water partition coefficient (Wildman–Crippen LogP) is 3.83. The number of hydrogen-bond acceptors (Lipinski definition) is 1. The molecule has 1 aromatic rings. The van der Waals surface area contributed by atoms with Gasteiger partial charge < -0.3 is 5.32 Å². The van der Waals surface area contributed by atoms with E-state index in [0.717, 1.165) is 12.0 Å². The molecule has 1 rings (SSSR count). The number of rotatable bonds is 4. The van der Waals surface area contributed by atoms with Crippen LogP contribution in [0.2, 0.25) is 10.0 Å². The van der Waals surface area contributed by atoms with Gasteiger partial charge in [-0.25, -0.2) is 0 Å². The van der Waals surface area contributed by atoms with E-state index in [4.69, 9.17) is 23.2 Å². The van der Waals surface area contributed by atoms with Gasteiger partial charge in [-0.05, 0) is 31.2 Å². The van der Waals surface area contributed by atoms with Crippen LogP contribution in [0.5, 0.6) is 0 Å². The minimum absolute atomic E-state index is 0.252. The van der Waals surface area contributed by atoms with Crippen molar-refractivity contribution in [1.82, 2.24) is 5.32 Å².